The van der Waals surface area contributed by atoms with Gasteiger partial charge in [-0.15, -0.1) is 11.3 Å². The van der Waals surface area contributed by atoms with Gasteiger partial charge in [-0.25, -0.2) is 4.79 Å². The van der Waals surface area contributed by atoms with Crippen molar-refractivity contribution in [1.82, 2.24) is 9.88 Å². The SMILES string of the molecule is CC(OC(=O)CCCn1c(=O)oc2ccccc21)C(=O)NCc1cccs1. The molecule has 2 heterocycles. The van der Waals surface area contributed by atoms with Crippen molar-refractivity contribution in [3.8, 4) is 0 Å². The summed E-state index contributed by atoms with van der Waals surface area (Å²) in [5, 5.41) is 4.66. The quantitative estimate of drug-likeness (QED) is 0.599. The largest absolute Gasteiger partial charge is 0.453 e. The summed E-state index contributed by atoms with van der Waals surface area (Å²) >= 11 is 1.54. The van der Waals surface area contributed by atoms with Crippen molar-refractivity contribution in [3.05, 3.63) is 57.2 Å². The van der Waals surface area contributed by atoms with Crippen LogP contribution in [0.5, 0.6) is 0 Å². The average molecular weight is 388 g/mol. The van der Waals surface area contributed by atoms with Crippen molar-refractivity contribution < 1.29 is 18.7 Å². The molecule has 0 radical (unpaired) electrons. The average Bonchev–Trinajstić information content (AvgIpc) is 3.27. The minimum Gasteiger partial charge on any atom is -0.453 e. The third-order valence-electron chi connectivity index (χ3n) is 4.03. The highest BCUT2D eigenvalue weighted by molar-refractivity contribution is 7.09. The molecule has 0 bridgehead atoms. The Kier molecular flexibility index (Phi) is 6.08. The number of aromatic nitrogens is 1. The van der Waals surface area contributed by atoms with Crippen LogP contribution in [0.1, 0.15) is 24.6 Å². The van der Waals surface area contributed by atoms with Crippen molar-refractivity contribution >= 4 is 34.3 Å². The predicted octanol–water partition coefficient (Wildman–Crippen LogP) is 2.68. The summed E-state index contributed by atoms with van der Waals surface area (Å²) in [5.41, 5.74) is 1.21. The third-order valence-corrected chi connectivity index (χ3v) is 4.91. The van der Waals surface area contributed by atoms with E-state index in [1.165, 1.54) is 11.5 Å². The minimum atomic E-state index is -0.866. The number of para-hydroxylation sites is 2. The van der Waals surface area contributed by atoms with E-state index in [0.717, 1.165) is 4.88 Å². The zero-order chi connectivity index (χ0) is 19.2. The Hall–Kier alpha value is -2.87. The molecule has 142 valence electrons. The number of oxazole rings is 1. The maximum absolute atomic E-state index is 12.0. The summed E-state index contributed by atoms with van der Waals surface area (Å²) < 4.78 is 11.8. The number of rotatable bonds is 8. The van der Waals surface area contributed by atoms with E-state index in [0.29, 0.717) is 30.6 Å². The number of hydrogen-bond acceptors (Lipinski definition) is 6. The molecule has 0 saturated heterocycles. The maximum atomic E-state index is 12.0. The number of ether oxygens (including phenoxy) is 1. The summed E-state index contributed by atoms with van der Waals surface area (Å²) in [6.07, 6.45) is -0.352. The van der Waals surface area contributed by atoms with Crippen molar-refractivity contribution in [2.24, 2.45) is 0 Å². The molecule has 0 aliphatic carbocycles. The van der Waals surface area contributed by atoms with E-state index >= 15 is 0 Å². The molecular weight excluding hydrogens is 368 g/mol. The number of carbonyl (C=O) groups is 2. The van der Waals surface area contributed by atoms with Gasteiger partial charge in [0.25, 0.3) is 5.91 Å². The molecule has 8 heteroatoms. The van der Waals surface area contributed by atoms with Gasteiger partial charge in [-0.3, -0.25) is 14.2 Å². The lowest BCUT2D eigenvalue weighted by Crippen LogP contribution is -2.35. The third kappa shape index (κ3) is 4.85. The molecular formula is C19H20N2O5S. The van der Waals surface area contributed by atoms with E-state index in [-0.39, 0.29) is 12.3 Å². The lowest BCUT2D eigenvalue weighted by Gasteiger charge is -2.13. The summed E-state index contributed by atoms with van der Waals surface area (Å²) in [7, 11) is 0. The molecule has 1 unspecified atom stereocenters. The van der Waals surface area contributed by atoms with E-state index in [1.807, 2.05) is 23.6 Å². The molecule has 0 spiro atoms. The number of fused-ring (bicyclic) bond motifs is 1. The van der Waals surface area contributed by atoms with E-state index in [2.05, 4.69) is 5.32 Å². The maximum Gasteiger partial charge on any atom is 0.419 e. The second-order valence-electron chi connectivity index (χ2n) is 6.02. The molecule has 2 aromatic heterocycles. The Bertz CT molecular complexity index is 974. The van der Waals surface area contributed by atoms with Crippen LogP contribution in [0, 0.1) is 0 Å². The van der Waals surface area contributed by atoms with Crippen LogP contribution in [0.3, 0.4) is 0 Å². The molecule has 7 nitrogen and oxygen atoms in total. The molecule has 27 heavy (non-hydrogen) atoms. The summed E-state index contributed by atoms with van der Waals surface area (Å²) in [6, 6.07) is 10.9. The first kappa shape index (κ1) is 18.9. The number of nitrogens with one attached hydrogen (secondary N) is 1. The number of aryl methyl sites for hydroxylation is 1. The molecule has 1 atom stereocenters. The van der Waals surface area contributed by atoms with Crippen LogP contribution in [0.15, 0.2) is 51.0 Å². The van der Waals surface area contributed by atoms with Gasteiger partial charge in [0.05, 0.1) is 12.1 Å². The van der Waals surface area contributed by atoms with Crippen molar-refractivity contribution in [1.29, 1.82) is 0 Å². The first-order valence-corrected chi connectivity index (χ1v) is 9.50. The highest BCUT2D eigenvalue weighted by atomic mass is 32.1. The number of thiophene rings is 1. The summed E-state index contributed by atoms with van der Waals surface area (Å²) in [4.78, 5) is 36.8. The van der Waals surface area contributed by atoms with E-state index in [9.17, 15) is 14.4 Å². The van der Waals surface area contributed by atoms with Crippen LogP contribution in [-0.4, -0.2) is 22.5 Å². The molecule has 1 aromatic carbocycles. The fourth-order valence-electron chi connectivity index (χ4n) is 2.65. The molecule has 3 rings (SSSR count). The molecule has 0 fully saturated rings. The normalized spacial score (nSPS) is 12.0. The van der Waals surface area contributed by atoms with Gasteiger partial charge in [-0.05, 0) is 36.9 Å². The standard InChI is InChI=1S/C19H20N2O5S/c1-13(18(23)20-12-14-6-5-11-27-14)25-17(22)9-4-10-21-15-7-2-3-8-16(15)26-19(21)24/h2-3,5-8,11,13H,4,9-10,12H2,1H3,(H,20,23). The van der Waals surface area contributed by atoms with Crippen molar-refractivity contribution in [2.75, 3.05) is 0 Å². The number of amides is 1. The number of benzene rings is 1. The number of carbonyl (C=O) groups excluding carboxylic acids is 2. The zero-order valence-electron chi connectivity index (χ0n) is 14.8. The zero-order valence-corrected chi connectivity index (χ0v) is 15.7. The van der Waals surface area contributed by atoms with Gasteiger partial charge in [0.1, 0.15) is 0 Å². The first-order chi connectivity index (χ1) is 13.0. The lowest BCUT2D eigenvalue weighted by molar-refractivity contribution is -0.155. The second-order valence-corrected chi connectivity index (χ2v) is 7.05. The number of nitrogens with zero attached hydrogens (tertiary/aromatic N) is 1. The lowest BCUT2D eigenvalue weighted by atomic mass is 10.3. The van der Waals surface area contributed by atoms with Crippen LogP contribution in [-0.2, 0) is 27.4 Å². The molecule has 1 amide bonds. The highest BCUT2D eigenvalue weighted by Crippen LogP contribution is 2.13. The Morgan fingerprint density at radius 3 is 2.85 bits per heavy atom. The molecule has 0 aliphatic rings. The first-order valence-electron chi connectivity index (χ1n) is 8.62. The Morgan fingerprint density at radius 1 is 1.26 bits per heavy atom. The fourth-order valence-corrected chi connectivity index (χ4v) is 3.29. The Balaban J connectivity index is 1.44. The fraction of sp³-hybridized carbons (Fsp3) is 0.316. The van der Waals surface area contributed by atoms with Gasteiger partial charge in [-0.1, -0.05) is 18.2 Å². The molecule has 3 aromatic rings. The minimum absolute atomic E-state index is 0.106. The number of esters is 1. The van der Waals surface area contributed by atoms with Gasteiger partial charge < -0.3 is 14.5 Å². The van der Waals surface area contributed by atoms with Crippen LogP contribution in [0.2, 0.25) is 0 Å². The predicted molar refractivity (Wildman–Crippen MR) is 101 cm³/mol. The van der Waals surface area contributed by atoms with E-state index in [1.54, 1.807) is 29.5 Å². The summed E-state index contributed by atoms with van der Waals surface area (Å²) in [5.74, 6) is -1.27. The Morgan fingerprint density at radius 2 is 2.07 bits per heavy atom. The van der Waals surface area contributed by atoms with E-state index < -0.39 is 17.8 Å². The van der Waals surface area contributed by atoms with Crippen LogP contribution < -0.4 is 11.1 Å². The Labute approximate surface area is 159 Å². The van der Waals surface area contributed by atoms with Gasteiger partial charge in [-0.2, -0.15) is 0 Å². The van der Waals surface area contributed by atoms with Gasteiger partial charge in [0.15, 0.2) is 11.7 Å². The molecule has 1 N–H and O–H groups in total. The van der Waals surface area contributed by atoms with Crippen LogP contribution in [0.4, 0.5) is 0 Å². The second kappa shape index (κ2) is 8.68. The highest BCUT2D eigenvalue weighted by Gasteiger charge is 2.17. The van der Waals surface area contributed by atoms with Gasteiger partial charge in [0, 0.05) is 17.8 Å². The van der Waals surface area contributed by atoms with Crippen molar-refractivity contribution in [2.45, 2.75) is 39.0 Å². The van der Waals surface area contributed by atoms with Crippen LogP contribution in [0.25, 0.3) is 11.1 Å². The topological polar surface area (TPSA) is 90.5 Å². The molecule has 0 saturated carbocycles. The smallest absolute Gasteiger partial charge is 0.419 e. The number of hydrogen-bond donors (Lipinski definition) is 1. The van der Waals surface area contributed by atoms with Gasteiger partial charge >= 0.3 is 11.7 Å². The van der Waals surface area contributed by atoms with Crippen molar-refractivity contribution in [3.63, 3.8) is 0 Å². The monoisotopic (exact) mass is 388 g/mol. The van der Waals surface area contributed by atoms with E-state index in [4.69, 9.17) is 9.15 Å². The van der Waals surface area contributed by atoms with Crippen LogP contribution >= 0.6 is 11.3 Å². The van der Waals surface area contributed by atoms with Gasteiger partial charge in [0.2, 0.25) is 0 Å². The summed E-state index contributed by atoms with van der Waals surface area (Å²) in [6.45, 7) is 2.29. The molecule has 0 aliphatic heterocycles.